The van der Waals surface area contributed by atoms with E-state index in [-0.39, 0.29) is 12.0 Å². The maximum Gasteiger partial charge on any atom is 0.244 e. The van der Waals surface area contributed by atoms with Gasteiger partial charge in [0.1, 0.15) is 0 Å². The highest BCUT2D eigenvalue weighted by atomic mass is 16.5. The number of hydrogen-bond acceptors (Lipinski definition) is 5. The lowest BCUT2D eigenvalue weighted by molar-refractivity contribution is 0.0469. The lowest BCUT2D eigenvalue weighted by Crippen LogP contribution is -2.39. The van der Waals surface area contributed by atoms with Gasteiger partial charge in [0.2, 0.25) is 5.89 Å². The van der Waals surface area contributed by atoms with E-state index in [9.17, 15) is 0 Å². The summed E-state index contributed by atoms with van der Waals surface area (Å²) in [5.41, 5.74) is 2.92. The van der Waals surface area contributed by atoms with Gasteiger partial charge in [0.05, 0.1) is 6.04 Å². The number of aromatic nitrogens is 2. The van der Waals surface area contributed by atoms with Crippen molar-refractivity contribution < 1.29 is 9.26 Å². The third kappa shape index (κ3) is 3.62. The van der Waals surface area contributed by atoms with Crippen molar-refractivity contribution in [3.63, 3.8) is 0 Å². The zero-order chi connectivity index (χ0) is 17.2. The lowest BCUT2D eigenvalue weighted by atomic mass is 9.90. The van der Waals surface area contributed by atoms with Crippen molar-refractivity contribution >= 4 is 0 Å². The van der Waals surface area contributed by atoms with Crippen molar-refractivity contribution in [3.05, 3.63) is 47.1 Å². The second kappa shape index (κ2) is 7.26. The molecule has 1 aromatic carbocycles. The molecule has 1 aliphatic heterocycles. The Labute approximate surface area is 149 Å². The van der Waals surface area contributed by atoms with Crippen LogP contribution < -0.4 is 5.32 Å². The van der Waals surface area contributed by atoms with Gasteiger partial charge in [0.15, 0.2) is 5.82 Å². The number of hydrogen-bond donors (Lipinski definition) is 1. The normalized spacial score (nSPS) is 20.1. The van der Waals surface area contributed by atoms with E-state index in [1.54, 1.807) is 0 Å². The van der Waals surface area contributed by atoms with Crippen LogP contribution in [0.3, 0.4) is 0 Å². The molecule has 0 saturated carbocycles. The molecule has 25 heavy (non-hydrogen) atoms. The van der Waals surface area contributed by atoms with Crippen molar-refractivity contribution in [1.29, 1.82) is 0 Å². The minimum Gasteiger partial charge on any atom is -0.381 e. The molecular weight excluding hydrogens is 314 g/mol. The van der Waals surface area contributed by atoms with Gasteiger partial charge >= 0.3 is 0 Å². The highest BCUT2D eigenvalue weighted by Crippen LogP contribution is 2.32. The monoisotopic (exact) mass is 341 g/mol. The van der Waals surface area contributed by atoms with Gasteiger partial charge in [0, 0.05) is 25.2 Å². The molecule has 1 aliphatic carbocycles. The molecule has 1 unspecified atom stereocenters. The maximum absolute atomic E-state index is 5.66. The molecule has 0 bridgehead atoms. The summed E-state index contributed by atoms with van der Waals surface area (Å²) in [7, 11) is 0. The van der Waals surface area contributed by atoms with Gasteiger partial charge in [-0.25, -0.2) is 0 Å². The molecule has 4 rings (SSSR count). The molecule has 1 atom stereocenters. The van der Waals surface area contributed by atoms with Gasteiger partial charge < -0.3 is 14.6 Å². The first-order chi connectivity index (χ1) is 12.2. The fraction of sp³-hybridized carbons (Fsp3) is 0.600. The number of nitrogens with one attached hydrogen (secondary N) is 1. The molecule has 5 heteroatoms. The molecule has 1 N–H and O–H groups in total. The topological polar surface area (TPSA) is 60.2 Å². The lowest BCUT2D eigenvalue weighted by Gasteiger charge is -2.30. The predicted octanol–water partition coefficient (Wildman–Crippen LogP) is 3.42. The fourth-order valence-electron chi connectivity index (χ4n) is 4.00. The predicted molar refractivity (Wildman–Crippen MR) is 95.4 cm³/mol. The summed E-state index contributed by atoms with van der Waals surface area (Å²) in [5.74, 6) is 2.30. The Kier molecular flexibility index (Phi) is 4.86. The van der Waals surface area contributed by atoms with Crippen LogP contribution in [0.4, 0.5) is 0 Å². The molecule has 0 spiro atoms. The Morgan fingerprint density at radius 2 is 1.76 bits per heavy atom. The van der Waals surface area contributed by atoms with Crippen LogP contribution in [0.15, 0.2) is 28.8 Å². The first-order valence-corrected chi connectivity index (χ1v) is 9.45. The minimum atomic E-state index is 0.114. The standard InChI is InChI=1S/C20H27N3O2/c1-13(2)19-22-20(25-23-19)18(14-7-9-24-10-8-14)21-17-11-15-5-3-4-6-16(15)12-17/h3-6,13-14,17-18,21H,7-12H2,1-2H3. The van der Waals surface area contributed by atoms with Crippen molar-refractivity contribution in [1.82, 2.24) is 15.5 Å². The van der Waals surface area contributed by atoms with E-state index in [1.807, 2.05) is 0 Å². The van der Waals surface area contributed by atoms with Crippen LogP contribution in [-0.4, -0.2) is 29.4 Å². The summed E-state index contributed by atoms with van der Waals surface area (Å²) in [5, 5.41) is 8.04. The third-order valence-corrected chi connectivity index (χ3v) is 5.44. The zero-order valence-corrected chi connectivity index (χ0v) is 15.1. The quantitative estimate of drug-likeness (QED) is 0.903. The van der Waals surface area contributed by atoms with Gasteiger partial charge in [-0.3, -0.25) is 0 Å². The zero-order valence-electron chi connectivity index (χ0n) is 15.1. The number of benzene rings is 1. The Balaban J connectivity index is 1.53. The molecule has 2 heterocycles. The van der Waals surface area contributed by atoms with E-state index in [4.69, 9.17) is 14.2 Å². The molecule has 1 saturated heterocycles. The highest BCUT2D eigenvalue weighted by molar-refractivity contribution is 5.33. The maximum atomic E-state index is 5.66. The smallest absolute Gasteiger partial charge is 0.244 e. The van der Waals surface area contributed by atoms with Crippen molar-refractivity contribution in [2.45, 2.75) is 57.5 Å². The second-order valence-corrected chi connectivity index (χ2v) is 7.61. The molecule has 134 valence electrons. The summed E-state index contributed by atoms with van der Waals surface area (Å²) in [6, 6.07) is 9.28. The van der Waals surface area contributed by atoms with E-state index in [1.165, 1.54) is 11.1 Å². The van der Waals surface area contributed by atoms with Gasteiger partial charge in [0.25, 0.3) is 0 Å². The minimum absolute atomic E-state index is 0.114. The van der Waals surface area contributed by atoms with E-state index < -0.39 is 0 Å². The van der Waals surface area contributed by atoms with Crippen molar-refractivity contribution in [3.8, 4) is 0 Å². The molecule has 1 fully saturated rings. The van der Waals surface area contributed by atoms with Gasteiger partial charge in [-0.2, -0.15) is 4.98 Å². The summed E-state index contributed by atoms with van der Waals surface area (Å²) in [4.78, 5) is 4.70. The molecule has 2 aromatic rings. The Bertz CT molecular complexity index is 681. The fourth-order valence-corrected chi connectivity index (χ4v) is 4.00. The van der Waals surface area contributed by atoms with Gasteiger partial charge in [-0.15, -0.1) is 0 Å². The summed E-state index contributed by atoms with van der Waals surface area (Å²) >= 11 is 0. The van der Waals surface area contributed by atoms with Gasteiger partial charge in [-0.05, 0) is 42.7 Å². The average Bonchev–Trinajstić information content (AvgIpc) is 3.27. The third-order valence-electron chi connectivity index (χ3n) is 5.44. The Morgan fingerprint density at radius 1 is 1.08 bits per heavy atom. The van der Waals surface area contributed by atoms with Crippen LogP contribution in [0, 0.1) is 5.92 Å². The van der Waals surface area contributed by atoms with E-state index in [2.05, 4.69) is 48.6 Å². The van der Waals surface area contributed by atoms with Crippen LogP contribution in [-0.2, 0) is 17.6 Å². The number of ether oxygens (including phenoxy) is 1. The molecule has 1 aromatic heterocycles. The molecule has 0 radical (unpaired) electrons. The van der Waals surface area contributed by atoms with E-state index in [0.717, 1.165) is 50.6 Å². The Morgan fingerprint density at radius 3 is 2.36 bits per heavy atom. The SMILES string of the molecule is CC(C)c1noc(C(NC2Cc3ccccc3C2)C2CCOCC2)n1. The highest BCUT2D eigenvalue weighted by Gasteiger charge is 2.33. The van der Waals surface area contributed by atoms with Crippen LogP contribution in [0.1, 0.15) is 61.5 Å². The van der Waals surface area contributed by atoms with Crippen LogP contribution >= 0.6 is 0 Å². The first kappa shape index (κ1) is 16.7. The molecular formula is C20H27N3O2. The average molecular weight is 341 g/mol. The summed E-state index contributed by atoms with van der Waals surface area (Å²) < 4.78 is 11.2. The summed E-state index contributed by atoms with van der Waals surface area (Å²) in [6.07, 6.45) is 4.22. The number of nitrogens with zero attached hydrogens (tertiary/aromatic N) is 2. The molecule has 0 amide bonds. The summed E-state index contributed by atoms with van der Waals surface area (Å²) in [6.45, 7) is 5.83. The largest absolute Gasteiger partial charge is 0.381 e. The van der Waals surface area contributed by atoms with E-state index in [0.29, 0.717) is 12.0 Å². The van der Waals surface area contributed by atoms with Crippen LogP contribution in [0.25, 0.3) is 0 Å². The number of fused-ring (bicyclic) bond motifs is 1. The van der Waals surface area contributed by atoms with Crippen LogP contribution in [0.5, 0.6) is 0 Å². The molecule has 2 aliphatic rings. The van der Waals surface area contributed by atoms with Crippen molar-refractivity contribution in [2.24, 2.45) is 5.92 Å². The van der Waals surface area contributed by atoms with E-state index >= 15 is 0 Å². The number of rotatable bonds is 5. The van der Waals surface area contributed by atoms with Crippen molar-refractivity contribution in [2.75, 3.05) is 13.2 Å². The van der Waals surface area contributed by atoms with Crippen LogP contribution in [0.2, 0.25) is 0 Å². The van der Waals surface area contributed by atoms with Gasteiger partial charge in [-0.1, -0.05) is 43.3 Å². The first-order valence-electron chi connectivity index (χ1n) is 9.45. The molecule has 5 nitrogen and oxygen atoms in total. The second-order valence-electron chi connectivity index (χ2n) is 7.61. The Hall–Kier alpha value is -1.72.